The van der Waals surface area contributed by atoms with Crippen LogP contribution in [0, 0.1) is 0 Å². The highest BCUT2D eigenvalue weighted by atomic mass is 35.5. The van der Waals surface area contributed by atoms with Gasteiger partial charge in [0.05, 0.1) is 0 Å². The highest BCUT2D eigenvalue weighted by molar-refractivity contribution is 7.32. The molecule has 0 aliphatic rings. The van der Waals surface area contributed by atoms with Crippen molar-refractivity contribution in [1.29, 1.82) is 0 Å². The average molecular weight is 242 g/mol. The Morgan fingerprint density at radius 1 is 1.36 bits per heavy atom. The first-order valence-electron chi connectivity index (χ1n) is 1.90. The van der Waals surface area contributed by atoms with Gasteiger partial charge in [0.25, 0.3) is 0 Å². The first kappa shape index (κ1) is 11.6. The van der Waals surface area contributed by atoms with Crippen LogP contribution in [0.5, 0.6) is 0 Å². The Hall–Kier alpha value is 0.620. The van der Waals surface area contributed by atoms with E-state index in [9.17, 15) is 14.0 Å². The van der Waals surface area contributed by atoms with E-state index < -0.39 is 21.2 Å². The molecule has 0 radical (unpaired) electrons. The maximum atomic E-state index is 9.88. The SMILES string of the molecule is O=[P+]([O-])OC(Cl)(Cl)O[P+](=O)O. The predicted molar refractivity (Wildman–Crippen MR) is 34.0 cm³/mol. The molecule has 0 fully saturated rings. The molecule has 11 heavy (non-hydrogen) atoms. The Kier molecular flexibility index (Phi) is 4.86. The highest BCUT2D eigenvalue weighted by Crippen LogP contribution is 2.38. The lowest BCUT2D eigenvalue weighted by Crippen LogP contribution is -2.16. The van der Waals surface area contributed by atoms with Crippen molar-refractivity contribution in [3.63, 3.8) is 0 Å². The summed E-state index contributed by atoms with van der Waals surface area (Å²) in [7, 11) is -6.47. The number of hydrogen-bond donors (Lipinski definition) is 1. The molecule has 6 nitrogen and oxygen atoms in total. The van der Waals surface area contributed by atoms with E-state index in [-0.39, 0.29) is 0 Å². The Bertz CT molecular complexity index is 161. The van der Waals surface area contributed by atoms with Gasteiger partial charge in [-0.1, -0.05) is 4.52 Å². The van der Waals surface area contributed by atoms with E-state index in [1.807, 2.05) is 0 Å². The third-order valence-corrected chi connectivity index (χ3v) is 1.92. The smallest absolute Gasteiger partial charge is 0.566 e. The second kappa shape index (κ2) is 4.60. The van der Waals surface area contributed by atoms with Gasteiger partial charge in [0, 0.05) is 4.57 Å². The van der Waals surface area contributed by atoms with Crippen LogP contribution in [0.3, 0.4) is 0 Å². The summed E-state index contributed by atoms with van der Waals surface area (Å²) in [6.07, 6.45) is 0. The van der Waals surface area contributed by atoms with Crippen LogP contribution in [0.4, 0.5) is 0 Å². The lowest BCUT2D eigenvalue weighted by atomic mass is 11.5. The quantitative estimate of drug-likeness (QED) is 0.444. The maximum Gasteiger partial charge on any atom is 0.700 e. The summed E-state index contributed by atoms with van der Waals surface area (Å²) in [6, 6.07) is 0. The van der Waals surface area contributed by atoms with E-state index in [0.29, 0.717) is 0 Å². The summed E-state index contributed by atoms with van der Waals surface area (Å²) >= 11 is 9.84. The normalized spacial score (nSPS) is 14.5. The second-order valence-electron chi connectivity index (χ2n) is 1.11. The minimum absolute atomic E-state index is 2.64. The largest absolute Gasteiger partial charge is 0.700 e. The van der Waals surface area contributed by atoms with Crippen LogP contribution >= 0.6 is 39.7 Å². The topological polar surface area (TPSA) is 95.9 Å². The fourth-order valence-electron chi connectivity index (χ4n) is 0.194. The zero-order valence-electron chi connectivity index (χ0n) is 4.64. The van der Waals surface area contributed by atoms with Gasteiger partial charge in [-0.15, -0.1) is 4.89 Å². The third-order valence-electron chi connectivity index (χ3n) is 0.365. The molecule has 0 amide bonds. The van der Waals surface area contributed by atoms with Crippen molar-refractivity contribution in [3.8, 4) is 0 Å². The summed E-state index contributed by atoms with van der Waals surface area (Å²) in [6.45, 7) is 0. The lowest BCUT2D eigenvalue weighted by Gasteiger charge is -2.02. The van der Waals surface area contributed by atoms with Crippen molar-refractivity contribution in [2.24, 2.45) is 0 Å². The standard InChI is InChI=1S/CCl2O6P2/c2-1(3,8-10(4)5)9-11(6)7/p+1. The minimum atomic E-state index is -3.35. The third kappa shape index (κ3) is 7.00. The van der Waals surface area contributed by atoms with Gasteiger partial charge < -0.3 is 4.89 Å². The Labute approximate surface area is 72.9 Å². The van der Waals surface area contributed by atoms with Crippen LogP contribution in [0.15, 0.2) is 0 Å². The Balaban J connectivity index is 3.99. The van der Waals surface area contributed by atoms with Gasteiger partial charge in [-0.25, -0.2) is 0 Å². The molecule has 0 aromatic rings. The van der Waals surface area contributed by atoms with Gasteiger partial charge >= 0.3 is 21.2 Å². The van der Waals surface area contributed by atoms with Crippen molar-refractivity contribution >= 4 is 39.7 Å². The molecule has 0 saturated carbocycles. The van der Waals surface area contributed by atoms with Crippen molar-refractivity contribution in [2.45, 2.75) is 4.71 Å². The first-order valence-corrected chi connectivity index (χ1v) is 4.88. The predicted octanol–water partition coefficient (Wildman–Crippen LogP) is 0.776. The molecule has 2 atom stereocenters. The average Bonchev–Trinajstić information content (AvgIpc) is 1.53. The highest BCUT2D eigenvalue weighted by Gasteiger charge is 2.43. The van der Waals surface area contributed by atoms with E-state index in [0.717, 1.165) is 0 Å². The monoisotopic (exact) mass is 241 g/mol. The number of alkyl halides is 2. The van der Waals surface area contributed by atoms with Gasteiger partial charge in [0.2, 0.25) is 0 Å². The van der Waals surface area contributed by atoms with Gasteiger partial charge in [-0.2, -0.15) is 0 Å². The summed E-state index contributed by atoms with van der Waals surface area (Å²) in [5, 5.41) is 0. The molecule has 0 saturated heterocycles. The molecule has 0 aliphatic heterocycles. The summed E-state index contributed by atoms with van der Waals surface area (Å²) in [5.74, 6) is 0. The number of hydrogen-bond acceptors (Lipinski definition) is 5. The Morgan fingerprint density at radius 2 is 1.82 bits per heavy atom. The molecule has 64 valence electrons. The lowest BCUT2D eigenvalue weighted by molar-refractivity contribution is -0.195. The molecule has 0 rings (SSSR count). The summed E-state index contributed by atoms with van der Waals surface area (Å²) in [4.78, 5) is 17.8. The van der Waals surface area contributed by atoms with Crippen molar-refractivity contribution in [3.05, 3.63) is 0 Å². The molecule has 10 heteroatoms. The van der Waals surface area contributed by atoms with E-state index in [4.69, 9.17) is 28.1 Å². The van der Waals surface area contributed by atoms with E-state index >= 15 is 0 Å². The second-order valence-corrected chi connectivity index (χ2v) is 3.58. The van der Waals surface area contributed by atoms with Gasteiger partial charge in [0.1, 0.15) is 0 Å². The van der Waals surface area contributed by atoms with Crippen LogP contribution in [-0.4, -0.2) is 9.60 Å². The van der Waals surface area contributed by atoms with Crippen LogP contribution in [-0.2, 0) is 18.2 Å². The molecule has 0 aromatic heterocycles. The Morgan fingerprint density at radius 3 is 2.09 bits per heavy atom. The molecular weight excluding hydrogens is 241 g/mol. The number of halogens is 2. The summed E-state index contributed by atoms with van der Waals surface area (Å²) in [5.41, 5.74) is 0. The van der Waals surface area contributed by atoms with E-state index in [1.165, 1.54) is 0 Å². The molecule has 1 N–H and O–H groups in total. The van der Waals surface area contributed by atoms with Gasteiger partial charge in [-0.3, -0.25) is 0 Å². The molecule has 0 bridgehead atoms. The minimum Gasteiger partial charge on any atom is -0.566 e. The van der Waals surface area contributed by atoms with Crippen molar-refractivity contribution in [1.82, 2.24) is 0 Å². The molecule has 0 aromatic carbocycles. The zero-order chi connectivity index (χ0) is 9.07. The van der Waals surface area contributed by atoms with Crippen LogP contribution < -0.4 is 4.89 Å². The molecule has 0 spiro atoms. The first-order chi connectivity index (χ1) is 4.83. The molecule has 0 heterocycles. The fourth-order valence-corrected chi connectivity index (χ4v) is 1.38. The van der Waals surface area contributed by atoms with E-state index in [2.05, 4.69) is 9.05 Å². The molecular formula is CHCl2O6P2+. The van der Waals surface area contributed by atoms with Crippen molar-refractivity contribution in [2.75, 3.05) is 0 Å². The molecule has 2 unspecified atom stereocenters. The molecule has 0 aliphatic carbocycles. The fraction of sp³-hybridized carbons (Fsp3) is 1.00. The maximum absolute atomic E-state index is 9.88. The van der Waals surface area contributed by atoms with Gasteiger partial charge in [-0.05, 0) is 32.3 Å². The number of rotatable bonds is 4. The van der Waals surface area contributed by atoms with Crippen LogP contribution in [0.1, 0.15) is 0 Å². The zero-order valence-corrected chi connectivity index (χ0v) is 7.94. The van der Waals surface area contributed by atoms with Crippen molar-refractivity contribution < 1.29 is 28.0 Å². The van der Waals surface area contributed by atoms with Crippen LogP contribution in [0.25, 0.3) is 0 Å². The van der Waals surface area contributed by atoms with Gasteiger partial charge in [0.15, 0.2) is 0 Å². The van der Waals surface area contributed by atoms with Crippen LogP contribution in [0.2, 0.25) is 0 Å². The summed E-state index contributed by atoms with van der Waals surface area (Å²) < 4.78 is 24.4. The van der Waals surface area contributed by atoms with E-state index in [1.54, 1.807) is 0 Å².